The summed E-state index contributed by atoms with van der Waals surface area (Å²) in [5, 5.41) is 6.09. The fourth-order valence-corrected chi connectivity index (χ4v) is 3.86. The van der Waals surface area contributed by atoms with E-state index in [0.29, 0.717) is 25.7 Å². The number of hydrogen-bond acceptors (Lipinski definition) is 4. The van der Waals surface area contributed by atoms with Gasteiger partial charge in [-0.1, -0.05) is 49.4 Å². The Bertz CT molecular complexity index is 895. The highest BCUT2D eigenvalue weighted by molar-refractivity contribution is 14.0. The van der Waals surface area contributed by atoms with E-state index < -0.39 is 15.7 Å². The van der Waals surface area contributed by atoms with Crippen LogP contribution < -0.4 is 10.6 Å². The van der Waals surface area contributed by atoms with Crippen molar-refractivity contribution in [1.29, 1.82) is 0 Å². The van der Waals surface area contributed by atoms with Crippen LogP contribution >= 0.6 is 24.0 Å². The Balaban J connectivity index is 0.00000450. The molecule has 2 N–H and O–H groups in total. The highest BCUT2D eigenvalue weighted by atomic mass is 127. The maximum absolute atomic E-state index is 13.7. The first-order valence-corrected chi connectivity index (χ1v) is 11.1. The largest absolute Gasteiger partial charge is 0.376 e. The van der Waals surface area contributed by atoms with Gasteiger partial charge in [-0.15, -0.1) is 24.0 Å². The van der Waals surface area contributed by atoms with Crippen molar-refractivity contribution < 1.29 is 17.5 Å². The fraction of sp³-hybridized carbons (Fsp3) is 0.381. The number of guanidine groups is 1. The number of aliphatic imine (C=N–C) groups is 1. The van der Waals surface area contributed by atoms with Crippen molar-refractivity contribution in [2.45, 2.75) is 18.4 Å². The predicted molar refractivity (Wildman–Crippen MR) is 128 cm³/mol. The zero-order valence-corrected chi connectivity index (χ0v) is 20.3. The third-order valence-electron chi connectivity index (χ3n) is 4.19. The van der Waals surface area contributed by atoms with Gasteiger partial charge in [-0.3, -0.25) is 4.99 Å². The molecule has 0 aliphatic heterocycles. The molecule has 0 heterocycles. The van der Waals surface area contributed by atoms with Crippen molar-refractivity contribution >= 4 is 39.8 Å². The number of nitrogens with zero attached hydrogens (tertiary/aromatic N) is 1. The molecule has 0 aromatic heterocycles. The van der Waals surface area contributed by atoms with E-state index in [2.05, 4.69) is 15.6 Å². The van der Waals surface area contributed by atoms with Crippen LogP contribution in [-0.2, 0) is 21.2 Å². The maximum atomic E-state index is 13.7. The first-order valence-electron chi connectivity index (χ1n) is 9.46. The summed E-state index contributed by atoms with van der Waals surface area (Å²) in [7, 11) is -2.10. The zero-order valence-electron chi connectivity index (χ0n) is 17.2. The molecule has 0 saturated heterocycles. The normalized spacial score (nSPS) is 12.7. The molecule has 1 atom stereocenters. The molecule has 0 amide bonds. The van der Waals surface area contributed by atoms with Crippen molar-refractivity contribution in [3.8, 4) is 0 Å². The minimum atomic E-state index is -3.70. The highest BCUT2D eigenvalue weighted by Gasteiger charge is 2.18. The van der Waals surface area contributed by atoms with Crippen LogP contribution in [0.4, 0.5) is 4.39 Å². The lowest BCUT2D eigenvalue weighted by molar-refractivity contribution is 0.0931. The molecular formula is C21H29FIN3O3S. The van der Waals surface area contributed by atoms with Gasteiger partial charge in [0.15, 0.2) is 15.8 Å². The van der Waals surface area contributed by atoms with E-state index >= 15 is 0 Å². The summed E-state index contributed by atoms with van der Waals surface area (Å²) in [6.07, 6.45) is 0. The molecule has 30 heavy (non-hydrogen) atoms. The van der Waals surface area contributed by atoms with Crippen molar-refractivity contribution in [2.75, 3.05) is 32.5 Å². The first kappa shape index (κ1) is 26.3. The van der Waals surface area contributed by atoms with Crippen LogP contribution in [0.25, 0.3) is 0 Å². The summed E-state index contributed by atoms with van der Waals surface area (Å²) in [5.41, 5.74) is 1.13. The monoisotopic (exact) mass is 549 g/mol. The standard InChI is InChI=1S/C21H28FN3O3S.HI/c1-17(15-28-16-18-8-4-3-5-9-18)14-25-21(23-2)24-12-13-29(26,27)20-11-7-6-10-19(20)22;/h3-11,17H,12-16H2,1-2H3,(H2,23,24,25);1H. The topological polar surface area (TPSA) is 79.8 Å². The Hall–Kier alpha value is -1.72. The van der Waals surface area contributed by atoms with Gasteiger partial charge >= 0.3 is 0 Å². The van der Waals surface area contributed by atoms with Gasteiger partial charge in [0.1, 0.15) is 10.7 Å². The number of ether oxygens (including phenoxy) is 1. The molecule has 2 rings (SSSR count). The molecule has 0 bridgehead atoms. The van der Waals surface area contributed by atoms with E-state index in [1.807, 2.05) is 37.3 Å². The third-order valence-corrected chi connectivity index (χ3v) is 5.93. The molecule has 1 unspecified atom stereocenters. The summed E-state index contributed by atoms with van der Waals surface area (Å²) in [5.74, 6) is -0.243. The molecule has 9 heteroatoms. The van der Waals surface area contributed by atoms with Crippen LogP contribution in [0.1, 0.15) is 12.5 Å². The Morgan fingerprint density at radius 1 is 1.10 bits per heavy atom. The van der Waals surface area contributed by atoms with Gasteiger partial charge in [-0.25, -0.2) is 12.8 Å². The van der Waals surface area contributed by atoms with Crippen LogP contribution in [0.3, 0.4) is 0 Å². The van der Waals surface area contributed by atoms with Crippen LogP contribution in [0.2, 0.25) is 0 Å². The summed E-state index contributed by atoms with van der Waals surface area (Å²) >= 11 is 0. The molecule has 6 nitrogen and oxygen atoms in total. The lowest BCUT2D eigenvalue weighted by atomic mass is 10.2. The van der Waals surface area contributed by atoms with Gasteiger partial charge in [0.2, 0.25) is 0 Å². The van der Waals surface area contributed by atoms with Crippen molar-refractivity contribution in [3.05, 3.63) is 66.0 Å². The second-order valence-electron chi connectivity index (χ2n) is 6.74. The number of halogens is 2. The molecule has 2 aromatic rings. The Morgan fingerprint density at radius 3 is 2.43 bits per heavy atom. The van der Waals surface area contributed by atoms with E-state index in [9.17, 15) is 12.8 Å². The highest BCUT2D eigenvalue weighted by Crippen LogP contribution is 2.14. The fourth-order valence-electron chi connectivity index (χ4n) is 2.61. The van der Waals surface area contributed by atoms with Crippen molar-refractivity contribution in [1.82, 2.24) is 10.6 Å². The molecule has 0 spiro atoms. The number of sulfone groups is 1. The second-order valence-corrected chi connectivity index (χ2v) is 8.81. The Kier molecular flexibility index (Phi) is 11.9. The quantitative estimate of drug-likeness (QED) is 0.270. The Labute approximate surface area is 195 Å². The van der Waals surface area contributed by atoms with Gasteiger partial charge in [0.25, 0.3) is 0 Å². The van der Waals surface area contributed by atoms with Gasteiger partial charge < -0.3 is 15.4 Å². The average molecular weight is 549 g/mol. The van der Waals surface area contributed by atoms with E-state index in [-0.39, 0.29) is 47.1 Å². The molecule has 0 aliphatic carbocycles. The minimum absolute atomic E-state index is 0. The average Bonchev–Trinajstić information content (AvgIpc) is 2.71. The summed E-state index contributed by atoms with van der Waals surface area (Å²) in [4.78, 5) is 3.80. The maximum Gasteiger partial charge on any atom is 0.191 e. The van der Waals surface area contributed by atoms with Gasteiger partial charge in [-0.2, -0.15) is 0 Å². The summed E-state index contributed by atoms with van der Waals surface area (Å²) in [6.45, 7) is 3.93. The molecule has 0 saturated carbocycles. The van der Waals surface area contributed by atoms with Crippen LogP contribution in [0.5, 0.6) is 0 Å². The number of nitrogens with one attached hydrogen (secondary N) is 2. The molecule has 0 radical (unpaired) electrons. The van der Waals surface area contributed by atoms with E-state index in [1.165, 1.54) is 18.2 Å². The van der Waals surface area contributed by atoms with Crippen LogP contribution in [0.15, 0.2) is 64.5 Å². The summed E-state index contributed by atoms with van der Waals surface area (Å²) in [6, 6.07) is 15.3. The van der Waals surface area contributed by atoms with Gasteiger partial charge in [0.05, 0.1) is 19.0 Å². The van der Waals surface area contributed by atoms with Gasteiger partial charge in [-0.05, 0) is 23.6 Å². The van der Waals surface area contributed by atoms with Crippen LogP contribution in [0, 0.1) is 11.7 Å². The molecule has 0 aliphatic rings. The number of hydrogen-bond donors (Lipinski definition) is 2. The predicted octanol–water partition coefficient (Wildman–Crippen LogP) is 3.24. The van der Waals surface area contributed by atoms with Gasteiger partial charge in [0, 0.05) is 20.1 Å². The number of rotatable bonds is 10. The first-order chi connectivity index (χ1) is 13.9. The lowest BCUT2D eigenvalue weighted by Gasteiger charge is -2.16. The SMILES string of the molecule is CN=C(NCCS(=O)(=O)c1ccccc1F)NCC(C)COCc1ccccc1.I. The Morgan fingerprint density at radius 2 is 1.77 bits per heavy atom. The van der Waals surface area contributed by atoms with Crippen molar-refractivity contribution in [3.63, 3.8) is 0 Å². The van der Waals surface area contributed by atoms with E-state index in [0.717, 1.165) is 11.6 Å². The smallest absolute Gasteiger partial charge is 0.191 e. The third kappa shape index (κ3) is 8.97. The lowest BCUT2D eigenvalue weighted by Crippen LogP contribution is -2.41. The molecule has 0 fully saturated rings. The number of benzene rings is 2. The summed E-state index contributed by atoms with van der Waals surface area (Å²) < 4.78 is 44.0. The second kappa shape index (κ2) is 13.6. The zero-order chi connectivity index (χ0) is 21.1. The molecular weight excluding hydrogens is 520 g/mol. The molecule has 2 aromatic carbocycles. The van der Waals surface area contributed by atoms with E-state index in [1.54, 1.807) is 7.05 Å². The van der Waals surface area contributed by atoms with E-state index in [4.69, 9.17) is 4.74 Å². The van der Waals surface area contributed by atoms with Crippen molar-refractivity contribution in [2.24, 2.45) is 10.9 Å². The van der Waals surface area contributed by atoms with Crippen LogP contribution in [-0.4, -0.2) is 46.9 Å². The molecule has 166 valence electrons. The minimum Gasteiger partial charge on any atom is -0.376 e.